The summed E-state index contributed by atoms with van der Waals surface area (Å²) in [6.45, 7) is 0. The fraction of sp³-hybridized carbons (Fsp3) is 0. The Morgan fingerprint density at radius 3 is 2.69 bits per heavy atom. The zero-order valence-electron chi connectivity index (χ0n) is 7.12. The second-order valence-electron chi connectivity index (χ2n) is 3.23. The van der Waals surface area contributed by atoms with Gasteiger partial charge in [-0.2, -0.15) is 0 Å². The normalized spacial score (nSPS) is 15.4. The van der Waals surface area contributed by atoms with Crippen LogP contribution in [0.2, 0.25) is 0 Å². The zero-order valence-corrected chi connectivity index (χ0v) is 8.12. The maximum atomic E-state index is 2.26. The Morgan fingerprint density at radius 2 is 1.77 bits per heavy atom. The second kappa shape index (κ2) is 2.68. The lowest BCUT2D eigenvalue weighted by atomic mass is 10.0. The van der Waals surface area contributed by atoms with E-state index in [2.05, 4.69) is 48.3 Å². The van der Waals surface area contributed by atoms with Crippen LogP contribution in [0.4, 0.5) is 0 Å². The first-order valence-electron chi connectivity index (χ1n) is 4.40. The van der Waals surface area contributed by atoms with Gasteiger partial charge in [0.1, 0.15) is 0 Å². The Bertz CT molecular complexity index is 492. The molecule has 0 radical (unpaired) electrons. The molecule has 62 valence electrons. The quantitative estimate of drug-likeness (QED) is 0.552. The molecule has 0 saturated heterocycles. The highest BCUT2D eigenvalue weighted by Crippen LogP contribution is 2.29. The highest BCUT2D eigenvalue weighted by atomic mass is 31.1. The van der Waals surface area contributed by atoms with E-state index in [0.717, 1.165) is 8.58 Å². The van der Waals surface area contributed by atoms with Crippen molar-refractivity contribution in [3.05, 3.63) is 47.8 Å². The molecule has 1 aliphatic rings. The first-order chi connectivity index (χ1) is 6.45. The van der Waals surface area contributed by atoms with Crippen molar-refractivity contribution in [2.45, 2.75) is 0 Å². The largest absolute Gasteiger partial charge is 0.0662 e. The van der Waals surface area contributed by atoms with Crippen molar-refractivity contribution < 1.29 is 0 Å². The Morgan fingerprint density at radius 1 is 0.923 bits per heavy atom. The van der Waals surface area contributed by atoms with Gasteiger partial charge in [0.25, 0.3) is 0 Å². The summed E-state index contributed by atoms with van der Waals surface area (Å²) in [6.07, 6.45) is 2.23. The summed E-state index contributed by atoms with van der Waals surface area (Å²) in [5.41, 5.74) is 1.37. The van der Waals surface area contributed by atoms with Crippen LogP contribution < -0.4 is 5.30 Å². The third kappa shape index (κ3) is 1.03. The van der Waals surface area contributed by atoms with Crippen LogP contribution >= 0.6 is 8.58 Å². The summed E-state index contributed by atoms with van der Waals surface area (Å²) in [5, 5.41) is 4.30. The molecule has 2 aromatic carbocycles. The molecule has 2 aromatic rings. The first kappa shape index (κ1) is 7.29. The van der Waals surface area contributed by atoms with E-state index >= 15 is 0 Å². The maximum absolute atomic E-state index is 2.26. The van der Waals surface area contributed by atoms with Crippen LogP contribution in [-0.2, 0) is 0 Å². The van der Waals surface area contributed by atoms with E-state index in [1.807, 2.05) is 0 Å². The van der Waals surface area contributed by atoms with Gasteiger partial charge in [0.15, 0.2) is 0 Å². The van der Waals surface area contributed by atoms with Crippen molar-refractivity contribution in [1.82, 2.24) is 0 Å². The van der Waals surface area contributed by atoms with Crippen LogP contribution in [0, 0.1) is 0 Å². The maximum Gasteiger partial charge on any atom is -0.00339 e. The fourth-order valence-electron chi connectivity index (χ4n) is 1.85. The summed E-state index contributed by atoms with van der Waals surface area (Å²) in [6, 6.07) is 13.1. The average molecular weight is 184 g/mol. The van der Waals surface area contributed by atoms with Crippen LogP contribution in [-0.4, -0.2) is 0 Å². The van der Waals surface area contributed by atoms with Gasteiger partial charge in [0.2, 0.25) is 0 Å². The van der Waals surface area contributed by atoms with Crippen LogP contribution in [0.5, 0.6) is 0 Å². The minimum absolute atomic E-state index is 0.837. The van der Waals surface area contributed by atoms with Gasteiger partial charge in [-0.1, -0.05) is 56.9 Å². The van der Waals surface area contributed by atoms with Crippen LogP contribution in [0.3, 0.4) is 0 Å². The SMILES string of the molecule is C1=Cc2cccc3cccc(c23)P1. The Labute approximate surface area is 79.1 Å². The second-order valence-corrected chi connectivity index (χ2v) is 4.39. The molecule has 13 heavy (non-hydrogen) atoms. The van der Waals surface area contributed by atoms with Gasteiger partial charge >= 0.3 is 0 Å². The lowest BCUT2D eigenvalue weighted by molar-refractivity contribution is 1.74. The molecule has 1 atom stereocenters. The molecule has 0 spiro atoms. The van der Waals surface area contributed by atoms with Crippen molar-refractivity contribution in [2.24, 2.45) is 0 Å². The van der Waals surface area contributed by atoms with Crippen LogP contribution in [0.25, 0.3) is 16.8 Å². The van der Waals surface area contributed by atoms with E-state index < -0.39 is 0 Å². The molecule has 0 nitrogen and oxygen atoms in total. The standard InChI is InChI=1S/C12H9P/c1-3-9-5-2-6-11-12(9)10(4-1)7-8-13-11/h1-8,13H. The van der Waals surface area contributed by atoms with Crippen molar-refractivity contribution in [2.75, 3.05) is 0 Å². The van der Waals surface area contributed by atoms with Crippen LogP contribution in [0.1, 0.15) is 5.56 Å². The molecular weight excluding hydrogens is 175 g/mol. The van der Waals surface area contributed by atoms with Gasteiger partial charge < -0.3 is 0 Å². The van der Waals surface area contributed by atoms with E-state index in [-0.39, 0.29) is 0 Å². The molecule has 1 aliphatic heterocycles. The van der Waals surface area contributed by atoms with Gasteiger partial charge in [-0.15, -0.1) is 0 Å². The number of hydrogen-bond acceptors (Lipinski definition) is 0. The molecule has 0 N–H and O–H groups in total. The molecule has 0 amide bonds. The fourth-order valence-corrected chi connectivity index (χ4v) is 2.92. The molecule has 0 saturated carbocycles. The summed E-state index contributed by atoms with van der Waals surface area (Å²) in [4.78, 5) is 0. The molecule has 0 bridgehead atoms. The lowest BCUT2D eigenvalue weighted by Gasteiger charge is -2.11. The minimum Gasteiger partial charge on any atom is -0.0662 e. The van der Waals surface area contributed by atoms with E-state index in [1.54, 1.807) is 0 Å². The van der Waals surface area contributed by atoms with Crippen molar-refractivity contribution in [3.8, 4) is 0 Å². The highest BCUT2D eigenvalue weighted by molar-refractivity contribution is 7.51. The molecule has 0 fully saturated rings. The smallest absolute Gasteiger partial charge is 0.00339 e. The van der Waals surface area contributed by atoms with E-state index in [1.165, 1.54) is 21.6 Å². The van der Waals surface area contributed by atoms with Crippen LogP contribution in [0.15, 0.2) is 42.2 Å². The summed E-state index contributed by atoms with van der Waals surface area (Å²) in [7, 11) is 0.837. The lowest BCUT2D eigenvalue weighted by Crippen LogP contribution is -1.99. The van der Waals surface area contributed by atoms with E-state index in [0.29, 0.717) is 0 Å². The predicted octanol–water partition coefficient (Wildman–Crippen LogP) is 3.13. The van der Waals surface area contributed by atoms with E-state index in [9.17, 15) is 0 Å². The molecule has 0 aromatic heterocycles. The highest BCUT2D eigenvalue weighted by Gasteiger charge is 2.06. The number of hydrogen-bond donors (Lipinski definition) is 0. The number of benzene rings is 2. The Kier molecular flexibility index (Phi) is 1.50. The molecule has 0 aliphatic carbocycles. The summed E-state index contributed by atoms with van der Waals surface area (Å²) < 4.78 is 0. The predicted molar refractivity (Wildman–Crippen MR) is 60.9 cm³/mol. The average Bonchev–Trinajstić information content (AvgIpc) is 2.19. The van der Waals surface area contributed by atoms with Crippen molar-refractivity contribution in [3.63, 3.8) is 0 Å². The van der Waals surface area contributed by atoms with Gasteiger partial charge in [-0.25, -0.2) is 0 Å². The summed E-state index contributed by atoms with van der Waals surface area (Å²) in [5.74, 6) is 2.26. The molecule has 1 heterocycles. The first-order valence-corrected chi connectivity index (χ1v) is 5.48. The van der Waals surface area contributed by atoms with Gasteiger partial charge in [0, 0.05) is 0 Å². The molecule has 1 heteroatoms. The third-order valence-electron chi connectivity index (χ3n) is 2.44. The molecule has 1 unspecified atom stereocenters. The van der Waals surface area contributed by atoms with Gasteiger partial charge in [0.05, 0.1) is 0 Å². The van der Waals surface area contributed by atoms with Gasteiger partial charge in [-0.05, 0) is 21.6 Å². The zero-order chi connectivity index (χ0) is 8.67. The minimum atomic E-state index is 0.837. The molecular formula is C12H9P. The number of rotatable bonds is 0. The van der Waals surface area contributed by atoms with Crippen molar-refractivity contribution in [1.29, 1.82) is 0 Å². The van der Waals surface area contributed by atoms with Gasteiger partial charge in [-0.3, -0.25) is 0 Å². The summed E-state index contributed by atoms with van der Waals surface area (Å²) >= 11 is 0. The van der Waals surface area contributed by atoms with Crippen molar-refractivity contribution >= 4 is 30.7 Å². The third-order valence-corrected chi connectivity index (χ3v) is 3.50. The van der Waals surface area contributed by atoms with E-state index in [4.69, 9.17) is 0 Å². The Hall–Kier alpha value is -1.13. The topological polar surface area (TPSA) is 0 Å². The Balaban J connectivity index is 2.56. The molecule has 3 rings (SSSR count). The monoisotopic (exact) mass is 184 g/mol.